The molecular formula is C11H17F2N3O. The number of carbonyl (C=O) groups excluding carboxylic acids is 1. The van der Waals surface area contributed by atoms with Crippen LogP contribution in [0.15, 0.2) is 6.07 Å². The number of aryl methyl sites for hydroxylation is 1. The molecule has 0 saturated carbocycles. The van der Waals surface area contributed by atoms with Crippen molar-refractivity contribution in [2.24, 2.45) is 0 Å². The third kappa shape index (κ3) is 3.25. The zero-order chi connectivity index (χ0) is 13.2. The molecule has 0 saturated heterocycles. The largest absolute Gasteiger partial charge is 0.352 e. The van der Waals surface area contributed by atoms with Gasteiger partial charge in [-0.15, -0.1) is 0 Å². The summed E-state index contributed by atoms with van der Waals surface area (Å²) in [4.78, 5) is 11.7. The first-order chi connectivity index (χ1) is 7.82. The number of carbonyl (C=O) groups is 1. The fraction of sp³-hybridized carbons (Fsp3) is 0.636. The standard InChI is InChI=1S/C11H17F2N3O/c1-6(2)14-11(17)8(4)16-7(3)5-9(15-16)10(12)13/h5-6,8,10H,1-4H3,(H,14,17). The second-order valence-electron chi connectivity index (χ2n) is 4.30. The molecule has 0 aliphatic heterocycles. The van der Waals surface area contributed by atoms with E-state index in [1.54, 1.807) is 13.8 Å². The average Bonchev–Trinajstić information content (AvgIpc) is 2.58. The Morgan fingerprint density at radius 1 is 1.41 bits per heavy atom. The Kier molecular flexibility index (Phi) is 4.20. The Bertz CT molecular complexity index is 401. The van der Waals surface area contributed by atoms with Gasteiger partial charge in [0.1, 0.15) is 11.7 Å². The summed E-state index contributed by atoms with van der Waals surface area (Å²) in [5, 5.41) is 6.46. The third-order valence-corrected chi connectivity index (χ3v) is 2.34. The van der Waals surface area contributed by atoms with Gasteiger partial charge in [-0.05, 0) is 33.8 Å². The molecule has 17 heavy (non-hydrogen) atoms. The van der Waals surface area contributed by atoms with Crippen LogP contribution in [-0.4, -0.2) is 21.7 Å². The second-order valence-corrected chi connectivity index (χ2v) is 4.30. The maximum absolute atomic E-state index is 12.5. The molecule has 1 heterocycles. The first-order valence-electron chi connectivity index (χ1n) is 5.47. The van der Waals surface area contributed by atoms with E-state index in [0.717, 1.165) is 0 Å². The average molecular weight is 245 g/mol. The van der Waals surface area contributed by atoms with E-state index in [4.69, 9.17) is 0 Å². The van der Waals surface area contributed by atoms with E-state index in [2.05, 4.69) is 10.4 Å². The molecule has 0 aromatic carbocycles. The molecule has 0 radical (unpaired) electrons. The van der Waals surface area contributed by atoms with Crippen LogP contribution in [0.4, 0.5) is 8.78 Å². The first kappa shape index (κ1) is 13.6. The van der Waals surface area contributed by atoms with Crippen molar-refractivity contribution in [3.63, 3.8) is 0 Å². The highest BCUT2D eigenvalue weighted by molar-refractivity contribution is 5.80. The highest BCUT2D eigenvalue weighted by Gasteiger charge is 2.21. The van der Waals surface area contributed by atoms with Crippen LogP contribution in [0.5, 0.6) is 0 Å². The Labute approximate surface area is 99.0 Å². The molecule has 1 aromatic rings. The molecule has 0 spiro atoms. The number of alkyl halides is 2. The van der Waals surface area contributed by atoms with Crippen molar-refractivity contribution in [2.45, 2.75) is 46.2 Å². The van der Waals surface area contributed by atoms with Gasteiger partial charge in [0.25, 0.3) is 6.43 Å². The lowest BCUT2D eigenvalue weighted by molar-refractivity contribution is -0.124. The van der Waals surface area contributed by atoms with Gasteiger partial charge in [-0.1, -0.05) is 0 Å². The van der Waals surface area contributed by atoms with Crippen molar-refractivity contribution in [1.29, 1.82) is 0 Å². The molecular weight excluding hydrogens is 228 g/mol. The number of rotatable bonds is 4. The predicted octanol–water partition coefficient (Wildman–Crippen LogP) is 2.21. The third-order valence-electron chi connectivity index (χ3n) is 2.34. The van der Waals surface area contributed by atoms with Crippen LogP contribution in [0, 0.1) is 6.92 Å². The minimum atomic E-state index is -2.62. The molecule has 4 nitrogen and oxygen atoms in total. The molecule has 0 aliphatic rings. The smallest absolute Gasteiger partial charge is 0.282 e. The number of halogens is 2. The van der Waals surface area contributed by atoms with Gasteiger partial charge in [0, 0.05) is 11.7 Å². The van der Waals surface area contributed by atoms with Gasteiger partial charge in [-0.3, -0.25) is 9.48 Å². The number of aromatic nitrogens is 2. The molecule has 1 atom stereocenters. The van der Waals surface area contributed by atoms with Crippen molar-refractivity contribution < 1.29 is 13.6 Å². The lowest BCUT2D eigenvalue weighted by atomic mass is 10.2. The summed E-state index contributed by atoms with van der Waals surface area (Å²) in [5.74, 6) is -0.230. The fourth-order valence-corrected chi connectivity index (χ4v) is 1.53. The van der Waals surface area contributed by atoms with Crippen LogP contribution in [0.25, 0.3) is 0 Å². The molecule has 0 bridgehead atoms. The molecule has 0 fully saturated rings. The Morgan fingerprint density at radius 2 is 2.00 bits per heavy atom. The van der Waals surface area contributed by atoms with Crippen molar-refractivity contribution >= 4 is 5.91 Å². The van der Waals surface area contributed by atoms with Crippen molar-refractivity contribution in [2.75, 3.05) is 0 Å². The van der Waals surface area contributed by atoms with E-state index in [-0.39, 0.29) is 17.6 Å². The minimum absolute atomic E-state index is 0.00962. The monoisotopic (exact) mass is 245 g/mol. The van der Waals surface area contributed by atoms with Crippen LogP contribution < -0.4 is 5.32 Å². The number of hydrogen-bond acceptors (Lipinski definition) is 2. The van der Waals surface area contributed by atoms with E-state index in [1.165, 1.54) is 10.7 Å². The summed E-state index contributed by atoms with van der Waals surface area (Å²) in [6.45, 7) is 6.96. The Hall–Kier alpha value is -1.46. The summed E-state index contributed by atoms with van der Waals surface area (Å²) in [6.07, 6.45) is -2.62. The maximum Gasteiger partial charge on any atom is 0.282 e. The van der Waals surface area contributed by atoms with Crippen LogP contribution >= 0.6 is 0 Å². The van der Waals surface area contributed by atoms with E-state index < -0.39 is 12.5 Å². The van der Waals surface area contributed by atoms with Gasteiger partial charge in [0.05, 0.1) is 0 Å². The summed E-state index contributed by atoms with van der Waals surface area (Å²) >= 11 is 0. The molecule has 1 unspecified atom stereocenters. The summed E-state index contributed by atoms with van der Waals surface area (Å²) in [6, 6.07) is 0.712. The topological polar surface area (TPSA) is 46.9 Å². The van der Waals surface area contributed by atoms with Crippen molar-refractivity contribution in [3.8, 4) is 0 Å². The lowest BCUT2D eigenvalue weighted by Crippen LogP contribution is -2.36. The normalized spacial score (nSPS) is 13.2. The van der Waals surface area contributed by atoms with Gasteiger partial charge in [0.15, 0.2) is 0 Å². The molecule has 0 aliphatic carbocycles. The number of nitrogens with zero attached hydrogens (tertiary/aromatic N) is 2. The molecule has 6 heteroatoms. The number of hydrogen-bond donors (Lipinski definition) is 1. The molecule has 1 rings (SSSR count). The number of nitrogens with one attached hydrogen (secondary N) is 1. The van der Waals surface area contributed by atoms with E-state index in [0.29, 0.717) is 5.69 Å². The van der Waals surface area contributed by atoms with Crippen LogP contribution in [0.1, 0.15) is 44.6 Å². The summed E-state index contributed by atoms with van der Waals surface area (Å²) in [5.41, 5.74) is 0.249. The molecule has 1 N–H and O–H groups in total. The lowest BCUT2D eigenvalue weighted by Gasteiger charge is -2.16. The van der Waals surface area contributed by atoms with Gasteiger partial charge >= 0.3 is 0 Å². The van der Waals surface area contributed by atoms with Gasteiger partial charge in [-0.25, -0.2) is 8.78 Å². The minimum Gasteiger partial charge on any atom is -0.352 e. The van der Waals surface area contributed by atoms with Crippen LogP contribution in [0.2, 0.25) is 0 Å². The highest BCUT2D eigenvalue weighted by Crippen LogP contribution is 2.20. The predicted molar refractivity (Wildman–Crippen MR) is 59.9 cm³/mol. The van der Waals surface area contributed by atoms with E-state index in [9.17, 15) is 13.6 Å². The van der Waals surface area contributed by atoms with Gasteiger partial charge in [0.2, 0.25) is 5.91 Å². The quantitative estimate of drug-likeness (QED) is 0.884. The van der Waals surface area contributed by atoms with E-state index in [1.807, 2.05) is 13.8 Å². The van der Waals surface area contributed by atoms with Crippen molar-refractivity contribution in [3.05, 3.63) is 17.5 Å². The molecule has 1 amide bonds. The SMILES string of the molecule is Cc1cc(C(F)F)nn1C(C)C(=O)NC(C)C. The number of amides is 1. The second kappa shape index (κ2) is 5.25. The van der Waals surface area contributed by atoms with Crippen molar-refractivity contribution in [1.82, 2.24) is 15.1 Å². The Morgan fingerprint density at radius 3 is 2.41 bits per heavy atom. The summed E-state index contributed by atoms with van der Waals surface area (Å²) in [7, 11) is 0. The van der Waals surface area contributed by atoms with Gasteiger partial charge < -0.3 is 5.32 Å². The Balaban J connectivity index is 2.88. The highest BCUT2D eigenvalue weighted by atomic mass is 19.3. The maximum atomic E-state index is 12.5. The molecule has 1 aromatic heterocycles. The summed E-state index contributed by atoms with van der Waals surface area (Å²) < 4.78 is 26.2. The zero-order valence-corrected chi connectivity index (χ0v) is 10.4. The first-order valence-corrected chi connectivity index (χ1v) is 5.47. The van der Waals surface area contributed by atoms with E-state index >= 15 is 0 Å². The van der Waals surface area contributed by atoms with Crippen LogP contribution in [-0.2, 0) is 4.79 Å². The zero-order valence-electron chi connectivity index (χ0n) is 10.4. The van der Waals surface area contributed by atoms with Gasteiger partial charge in [-0.2, -0.15) is 5.10 Å². The fourth-order valence-electron chi connectivity index (χ4n) is 1.53. The van der Waals surface area contributed by atoms with Crippen LogP contribution in [0.3, 0.4) is 0 Å². The molecule has 96 valence electrons.